The Balaban J connectivity index is 1.52. The smallest absolute Gasteiger partial charge is 0.350 e. The molecule has 0 fully saturated rings. The Hall–Kier alpha value is -2.62. The lowest BCUT2D eigenvalue weighted by molar-refractivity contribution is 0.0531. The maximum Gasteiger partial charge on any atom is 0.350 e. The van der Waals surface area contributed by atoms with Gasteiger partial charge in [0, 0.05) is 0 Å². The highest BCUT2D eigenvalue weighted by atomic mass is 32.1. The third-order valence-electron chi connectivity index (χ3n) is 3.81. The van der Waals surface area contributed by atoms with Crippen molar-refractivity contribution in [1.29, 1.82) is 0 Å². The summed E-state index contributed by atoms with van der Waals surface area (Å²) in [5, 5.41) is 4.03. The average molecular weight is 430 g/mol. The summed E-state index contributed by atoms with van der Waals surface area (Å²) in [6.07, 6.45) is 0. The summed E-state index contributed by atoms with van der Waals surface area (Å²) in [5.74, 6) is -0.686. The van der Waals surface area contributed by atoms with Gasteiger partial charge in [0.1, 0.15) is 9.88 Å². The van der Waals surface area contributed by atoms with Crippen LogP contribution in [0.4, 0.5) is 5.13 Å². The fourth-order valence-corrected chi connectivity index (χ4v) is 5.32. The van der Waals surface area contributed by atoms with Crippen LogP contribution < -0.4 is 5.32 Å². The lowest BCUT2D eigenvalue weighted by Gasteiger charge is -1.98. The molecule has 0 atom stereocenters. The highest BCUT2D eigenvalue weighted by Crippen LogP contribution is 2.34. The van der Waals surface area contributed by atoms with E-state index >= 15 is 0 Å². The zero-order valence-electron chi connectivity index (χ0n) is 15.0. The predicted molar refractivity (Wildman–Crippen MR) is 114 cm³/mol. The van der Waals surface area contributed by atoms with Gasteiger partial charge in [-0.3, -0.25) is 10.1 Å². The summed E-state index contributed by atoms with van der Waals surface area (Å²) in [6, 6.07) is 11.6. The quantitative estimate of drug-likeness (QED) is 0.440. The number of rotatable bonds is 5. The molecular weight excluding hydrogens is 414 g/mol. The summed E-state index contributed by atoms with van der Waals surface area (Å²) in [7, 11) is 0. The number of hydrogen-bond acceptors (Lipinski definition) is 8. The second-order valence-electron chi connectivity index (χ2n) is 5.76. The molecule has 0 bridgehead atoms. The Bertz CT molecular complexity index is 1140. The number of aryl methyl sites for hydroxylation is 1. The zero-order chi connectivity index (χ0) is 19.7. The molecule has 1 N–H and O–H groups in total. The Kier molecular flexibility index (Phi) is 5.21. The molecule has 0 aliphatic rings. The van der Waals surface area contributed by atoms with E-state index in [2.05, 4.69) is 15.3 Å². The van der Waals surface area contributed by atoms with E-state index in [0.29, 0.717) is 27.2 Å². The van der Waals surface area contributed by atoms with Crippen LogP contribution in [0.15, 0.2) is 36.4 Å². The maximum absolute atomic E-state index is 12.6. The number of ether oxygens (including phenoxy) is 1. The van der Waals surface area contributed by atoms with Crippen molar-refractivity contribution >= 4 is 61.2 Å². The number of aromatic nitrogens is 2. The number of anilines is 1. The number of benzene rings is 1. The Labute approximate surface area is 172 Å². The molecule has 0 unspecified atom stereocenters. The van der Waals surface area contributed by atoms with Gasteiger partial charge >= 0.3 is 5.97 Å². The van der Waals surface area contributed by atoms with Crippen LogP contribution in [0.5, 0.6) is 0 Å². The molecule has 4 aromatic rings. The van der Waals surface area contributed by atoms with Crippen LogP contribution in [-0.4, -0.2) is 28.5 Å². The van der Waals surface area contributed by atoms with Gasteiger partial charge < -0.3 is 4.74 Å². The molecule has 0 saturated heterocycles. The zero-order valence-corrected chi connectivity index (χ0v) is 17.5. The molecule has 0 aliphatic heterocycles. The number of thiophene rings is 1. The summed E-state index contributed by atoms with van der Waals surface area (Å²) in [4.78, 5) is 35.3. The van der Waals surface area contributed by atoms with Crippen LogP contribution in [0.25, 0.3) is 20.1 Å². The third-order valence-corrected chi connectivity index (χ3v) is 7.15. The van der Waals surface area contributed by atoms with Crippen LogP contribution in [0.1, 0.15) is 32.0 Å². The monoisotopic (exact) mass is 429 g/mol. The van der Waals surface area contributed by atoms with Gasteiger partial charge in [-0.1, -0.05) is 23.5 Å². The van der Waals surface area contributed by atoms with Crippen LogP contribution >= 0.6 is 34.0 Å². The molecule has 6 nitrogen and oxygen atoms in total. The molecule has 142 valence electrons. The molecule has 28 heavy (non-hydrogen) atoms. The molecule has 3 aromatic heterocycles. The average Bonchev–Trinajstić information content (AvgIpc) is 3.39. The minimum Gasteiger partial charge on any atom is -0.462 e. The van der Waals surface area contributed by atoms with E-state index in [1.165, 1.54) is 11.3 Å². The van der Waals surface area contributed by atoms with E-state index in [4.69, 9.17) is 4.74 Å². The van der Waals surface area contributed by atoms with E-state index in [1.54, 1.807) is 31.3 Å². The number of nitrogens with one attached hydrogen (secondary N) is 1. The van der Waals surface area contributed by atoms with Gasteiger partial charge in [-0.2, -0.15) is 0 Å². The van der Waals surface area contributed by atoms with Gasteiger partial charge in [-0.15, -0.1) is 22.7 Å². The fraction of sp³-hybridized carbons (Fsp3) is 0.158. The van der Waals surface area contributed by atoms with Crippen LogP contribution in [0.2, 0.25) is 0 Å². The Morgan fingerprint density at radius 1 is 1.07 bits per heavy atom. The number of esters is 1. The number of nitrogens with zero attached hydrogens (tertiary/aromatic N) is 2. The van der Waals surface area contributed by atoms with E-state index < -0.39 is 5.97 Å². The number of carbonyl (C=O) groups is 2. The number of thiazole rings is 2. The number of para-hydroxylation sites is 1. The molecule has 1 amide bonds. The van der Waals surface area contributed by atoms with Gasteiger partial charge in [-0.25, -0.2) is 14.8 Å². The molecule has 0 saturated carbocycles. The first kappa shape index (κ1) is 18.7. The standard InChI is InChI=1S/C19H15N3O3S3/c1-3-25-18(24)15-10(2)20-19(28-15)22-16(23)13-8-9-14(26-13)17-21-11-6-4-5-7-12(11)27-17/h4-9H,3H2,1-2H3,(H,20,22,23). The molecule has 0 aliphatic carbocycles. The molecular formula is C19H15N3O3S3. The summed E-state index contributed by atoms with van der Waals surface area (Å²) < 4.78 is 6.12. The van der Waals surface area contributed by atoms with E-state index in [1.807, 2.05) is 30.3 Å². The SMILES string of the molecule is CCOC(=O)c1sc(NC(=O)c2ccc(-c3nc4ccccc4s3)s2)nc1C. The van der Waals surface area contributed by atoms with E-state index in [9.17, 15) is 9.59 Å². The Morgan fingerprint density at radius 3 is 2.68 bits per heavy atom. The van der Waals surface area contributed by atoms with Crippen molar-refractivity contribution in [3.8, 4) is 9.88 Å². The second kappa shape index (κ2) is 7.78. The second-order valence-corrected chi connectivity index (χ2v) is 8.87. The molecule has 4 rings (SSSR count). The van der Waals surface area contributed by atoms with Crippen molar-refractivity contribution in [2.75, 3.05) is 11.9 Å². The van der Waals surface area contributed by atoms with Crippen molar-refractivity contribution in [3.05, 3.63) is 51.8 Å². The van der Waals surface area contributed by atoms with Crippen molar-refractivity contribution in [1.82, 2.24) is 9.97 Å². The van der Waals surface area contributed by atoms with E-state index in [0.717, 1.165) is 31.4 Å². The van der Waals surface area contributed by atoms with Crippen molar-refractivity contribution < 1.29 is 14.3 Å². The van der Waals surface area contributed by atoms with Gasteiger partial charge in [0.05, 0.1) is 32.3 Å². The van der Waals surface area contributed by atoms with Gasteiger partial charge in [0.2, 0.25) is 0 Å². The number of carbonyl (C=O) groups excluding carboxylic acids is 2. The van der Waals surface area contributed by atoms with E-state index in [-0.39, 0.29) is 5.91 Å². The highest BCUT2D eigenvalue weighted by molar-refractivity contribution is 7.26. The van der Waals surface area contributed by atoms with Crippen molar-refractivity contribution in [2.24, 2.45) is 0 Å². The molecule has 0 radical (unpaired) electrons. The number of amides is 1. The summed E-state index contributed by atoms with van der Waals surface area (Å²) >= 11 is 4.09. The third kappa shape index (κ3) is 3.68. The first-order valence-electron chi connectivity index (χ1n) is 8.47. The van der Waals surface area contributed by atoms with Crippen LogP contribution in [-0.2, 0) is 4.74 Å². The predicted octanol–water partition coefficient (Wildman–Crippen LogP) is 5.22. The topological polar surface area (TPSA) is 81.2 Å². The molecule has 0 spiro atoms. The fourth-order valence-electron chi connectivity index (χ4n) is 2.55. The maximum atomic E-state index is 12.6. The first-order chi connectivity index (χ1) is 13.5. The molecule has 3 heterocycles. The normalized spacial score (nSPS) is 10.9. The highest BCUT2D eigenvalue weighted by Gasteiger charge is 2.19. The van der Waals surface area contributed by atoms with Crippen LogP contribution in [0.3, 0.4) is 0 Å². The largest absolute Gasteiger partial charge is 0.462 e. The summed E-state index contributed by atoms with van der Waals surface area (Å²) in [6.45, 7) is 3.76. The number of fused-ring (bicyclic) bond motifs is 1. The molecule has 9 heteroatoms. The lowest BCUT2D eigenvalue weighted by Crippen LogP contribution is -2.09. The van der Waals surface area contributed by atoms with Crippen LogP contribution in [0, 0.1) is 6.92 Å². The van der Waals surface area contributed by atoms with Gasteiger partial charge in [0.15, 0.2) is 5.13 Å². The minimum absolute atomic E-state index is 0.262. The summed E-state index contributed by atoms with van der Waals surface area (Å²) in [5.41, 5.74) is 1.49. The van der Waals surface area contributed by atoms with Crippen molar-refractivity contribution in [3.63, 3.8) is 0 Å². The number of hydrogen-bond donors (Lipinski definition) is 1. The first-order valence-corrected chi connectivity index (χ1v) is 10.9. The van der Waals surface area contributed by atoms with Gasteiger partial charge in [-0.05, 0) is 38.1 Å². The molecule has 1 aromatic carbocycles. The minimum atomic E-state index is -0.424. The van der Waals surface area contributed by atoms with Gasteiger partial charge in [0.25, 0.3) is 5.91 Å². The lowest BCUT2D eigenvalue weighted by atomic mass is 10.3. The Morgan fingerprint density at radius 2 is 1.89 bits per heavy atom. The van der Waals surface area contributed by atoms with Crippen molar-refractivity contribution in [2.45, 2.75) is 13.8 Å².